The smallest absolute Gasteiger partial charge is 0.212 e. The maximum Gasteiger partial charge on any atom is 0.214 e. The van der Waals surface area contributed by atoms with E-state index in [4.69, 9.17) is 0 Å². The molecule has 0 fully saturated rings. The first-order valence-electron chi connectivity index (χ1n) is 3.29. The van der Waals surface area contributed by atoms with Crippen LogP contribution in [-0.4, -0.2) is 31.6 Å². The molecular formula is C6H11NO2S. The Balaban J connectivity index is 2.67. The average molecular weight is 161 g/mol. The van der Waals surface area contributed by atoms with E-state index in [1.807, 2.05) is 12.2 Å². The molecule has 0 aliphatic carbocycles. The topological polar surface area (TPSA) is 37.4 Å². The van der Waals surface area contributed by atoms with Gasteiger partial charge in [0.05, 0.1) is 5.75 Å². The molecule has 1 aliphatic heterocycles. The van der Waals surface area contributed by atoms with Gasteiger partial charge in [0, 0.05) is 13.1 Å². The second-order valence-corrected chi connectivity index (χ2v) is 4.45. The van der Waals surface area contributed by atoms with E-state index in [-0.39, 0.29) is 5.75 Å². The summed E-state index contributed by atoms with van der Waals surface area (Å²) < 4.78 is 23.6. The van der Waals surface area contributed by atoms with Crippen molar-refractivity contribution in [1.29, 1.82) is 0 Å². The third-order valence-corrected chi connectivity index (χ3v) is 3.36. The van der Waals surface area contributed by atoms with Crippen LogP contribution >= 0.6 is 0 Å². The molecule has 0 bridgehead atoms. The van der Waals surface area contributed by atoms with Gasteiger partial charge in [0.25, 0.3) is 0 Å². The van der Waals surface area contributed by atoms with E-state index in [2.05, 4.69) is 0 Å². The van der Waals surface area contributed by atoms with Crippen LogP contribution in [0.2, 0.25) is 0 Å². The van der Waals surface area contributed by atoms with Gasteiger partial charge < -0.3 is 0 Å². The van der Waals surface area contributed by atoms with Crippen LogP contribution in [0.1, 0.15) is 6.92 Å². The normalized spacial score (nSPS) is 20.1. The Morgan fingerprint density at radius 1 is 1.40 bits per heavy atom. The first kappa shape index (κ1) is 7.75. The quantitative estimate of drug-likeness (QED) is 0.543. The van der Waals surface area contributed by atoms with Crippen LogP contribution in [0.3, 0.4) is 0 Å². The van der Waals surface area contributed by atoms with E-state index >= 15 is 0 Å². The SMILES string of the molecule is CCS(=O)(=O)N1CC=CC1. The van der Waals surface area contributed by atoms with Crippen molar-refractivity contribution in [3.8, 4) is 0 Å². The van der Waals surface area contributed by atoms with Crippen molar-refractivity contribution in [3.63, 3.8) is 0 Å². The van der Waals surface area contributed by atoms with Crippen molar-refractivity contribution in [2.24, 2.45) is 0 Å². The van der Waals surface area contributed by atoms with E-state index < -0.39 is 10.0 Å². The molecule has 1 aliphatic rings. The molecule has 0 amide bonds. The molecule has 4 heteroatoms. The molecule has 0 saturated carbocycles. The van der Waals surface area contributed by atoms with E-state index in [0.29, 0.717) is 13.1 Å². The van der Waals surface area contributed by atoms with E-state index in [9.17, 15) is 8.42 Å². The van der Waals surface area contributed by atoms with Crippen LogP contribution < -0.4 is 0 Å². The summed E-state index contributed by atoms with van der Waals surface area (Å²) in [6, 6.07) is 0. The van der Waals surface area contributed by atoms with E-state index in [1.54, 1.807) is 6.92 Å². The summed E-state index contributed by atoms with van der Waals surface area (Å²) >= 11 is 0. The van der Waals surface area contributed by atoms with Crippen LogP contribution in [0, 0.1) is 0 Å². The first-order valence-corrected chi connectivity index (χ1v) is 4.90. The summed E-state index contributed by atoms with van der Waals surface area (Å²) in [5, 5.41) is 0. The summed E-state index contributed by atoms with van der Waals surface area (Å²) in [6.45, 7) is 2.76. The van der Waals surface area contributed by atoms with Gasteiger partial charge in [-0.15, -0.1) is 0 Å². The zero-order valence-electron chi connectivity index (χ0n) is 5.95. The van der Waals surface area contributed by atoms with Gasteiger partial charge in [-0.05, 0) is 6.92 Å². The molecule has 0 N–H and O–H groups in total. The summed E-state index contributed by atoms with van der Waals surface area (Å²) in [5.41, 5.74) is 0. The monoisotopic (exact) mass is 161 g/mol. The van der Waals surface area contributed by atoms with E-state index in [1.165, 1.54) is 4.31 Å². The van der Waals surface area contributed by atoms with Crippen molar-refractivity contribution in [3.05, 3.63) is 12.2 Å². The molecule has 10 heavy (non-hydrogen) atoms. The summed E-state index contributed by atoms with van der Waals surface area (Å²) in [5.74, 6) is 0.203. The number of hydrogen-bond donors (Lipinski definition) is 0. The Labute approximate surface area is 61.4 Å². The Morgan fingerprint density at radius 3 is 2.30 bits per heavy atom. The summed E-state index contributed by atoms with van der Waals surface area (Å²) in [6.07, 6.45) is 3.74. The fourth-order valence-corrected chi connectivity index (χ4v) is 1.86. The molecule has 0 aromatic carbocycles. The predicted octanol–water partition coefficient (Wildman–Crippen LogP) is 0.208. The van der Waals surface area contributed by atoms with Crippen molar-refractivity contribution in [2.45, 2.75) is 6.92 Å². The zero-order valence-corrected chi connectivity index (χ0v) is 6.76. The zero-order chi connectivity index (χ0) is 7.61. The molecular weight excluding hydrogens is 150 g/mol. The highest BCUT2D eigenvalue weighted by atomic mass is 32.2. The summed E-state index contributed by atoms with van der Waals surface area (Å²) in [7, 11) is -2.93. The van der Waals surface area contributed by atoms with Crippen LogP contribution in [-0.2, 0) is 10.0 Å². The molecule has 0 unspecified atom stereocenters. The standard InChI is InChI=1S/C6H11NO2S/c1-2-10(8,9)7-5-3-4-6-7/h3-4H,2,5-6H2,1H3. The molecule has 1 rings (SSSR count). The second kappa shape index (κ2) is 2.72. The molecule has 3 nitrogen and oxygen atoms in total. The van der Waals surface area contributed by atoms with Gasteiger partial charge in [-0.3, -0.25) is 0 Å². The minimum Gasteiger partial charge on any atom is -0.212 e. The fraction of sp³-hybridized carbons (Fsp3) is 0.667. The number of sulfonamides is 1. The lowest BCUT2D eigenvalue weighted by Gasteiger charge is -2.12. The molecule has 0 aromatic heterocycles. The van der Waals surface area contributed by atoms with Crippen LogP contribution in [0.25, 0.3) is 0 Å². The van der Waals surface area contributed by atoms with Gasteiger partial charge in [-0.2, -0.15) is 4.31 Å². The molecule has 0 radical (unpaired) electrons. The molecule has 0 atom stereocenters. The third kappa shape index (κ3) is 1.38. The van der Waals surface area contributed by atoms with Crippen molar-refractivity contribution >= 4 is 10.0 Å². The van der Waals surface area contributed by atoms with Crippen molar-refractivity contribution in [1.82, 2.24) is 4.31 Å². The van der Waals surface area contributed by atoms with E-state index in [0.717, 1.165) is 0 Å². The van der Waals surface area contributed by atoms with Gasteiger partial charge in [-0.1, -0.05) is 12.2 Å². The highest BCUT2D eigenvalue weighted by Crippen LogP contribution is 2.05. The number of rotatable bonds is 2. The lowest BCUT2D eigenvalue weighted by molar-refractivity contribution is 0.489. The molecule has 0 saturated heterocycles. The number of hydrogen-bond acceptors (Lipinski definition) is 2. The van der Waals surface area contributed by atoms with Gasteiger partial charge in [0.15, 0.2) is 0 Å². The van der Waals surface area contributed by atoms with Gasteiger partial charge in [-0.25, -0.2) is 8.42 Å². The maximum absolute atomic E-state index is 11.1. The average Bonchev–Trinajstić information content (AvgIpc) is 2.38. The third-order valence-electron chi connectivity index (χ3n) is 1.54. The minimum atomic E-state index is -2.93. The molecule has 58 valence electrons. The van der Waals surface area contributed by atoms with Gasteiger partial charge in [0.1, 0.15) is 0 Å². The Kier molecular flexibility index (Phi) is 2.11. The number of nitrogens with zero attached hydrogens (tertiary/aromatic N) is 1. The van der Waals surface area contributed by atoms with Crippen molar-refractivity contribution < 1.29 is 8.42 Å². The maximum atomic E-state index is 11.1. The first-order chi connectivity index (χ1) is 4.67. The second-order valence-electron chi connectivity index (χ2n) is 2.19. The minimum absolute atomic E-state index is 0.203. The Hall–Kier alpha value is -0.350. The van der Waals surface area contributed by atoms with Crippen LogP contribution in [0.15, 0.2) is 12.2 Å². The van der Waals surface area contributed by atoms with Crippen LogP contribution in [0.4, 0.5) is 0 Å². The molecule has 0 spiro atoms. The molecule has 0 aromatic rings. The lowest BCUT2D eigenvalue weighted by atomic mass is 10.6. The Morgan fingerprint density at radius 2 is 1.90 bits per heavy atom. The predicted molar refractivity (Wildman–Crippen MR) is 40.2 cm³/mol. The fourth-order valence-electron chi connectivity index (χ4n) is 0.868. The highest BCUT2D eigenvalue weighted by Gasteiger charge is 2.19. The molecule has 1 heterocycles. The summed E-state index contributed by atoms with van der Waals surface area (Å²) in [4.78, 5) is 0. The lowest BCUT2D eigenvalue weighted by Crippen LogP contribution is -2.29. The Bertz CT molecular complexity index is 222. The largest absolute Gasteiger partial charge is 0.214 e. The van der Waals surface area contributed by atoms with Gasteiger partial charge in [0.2, 0.25) is 10.0 Å². The van der Waals surface area contributed by atoms with Gasteiger partial charge >= 0.3 is 0 Å². The highest BCUT2D eigenvalue weighted by molar-refractivity contribution is 7.89. The van der Waals surface area contributed by atoms with Crippen LogP contribution in [0.5, 0.6) is 0 Å². The van der Waals surface area contributed by atoms with Crippen molar-refractivity contribution in [2.75, 3.05) is 18.8 Å².